The van der Waals surface area contributed by atoms with Gasteiger partial charge in [0.15, 0.2) is 0 Å². The van der Waals surface area contributed by atoms with E-state index in [9.17, 15) is 14.0 Å². The maximum absolute atomic E-state index is 13.4. The molecular weight excluding hydrogens is 383 g/mol. The summed E-state index contributed by atoms with van der Waals surface area (Å²) < 4.78 is 15.0. The first kappa shape index (κ1) is 21.2. The number of benzene rings is 2. The molecule has 0 radical (unpaired) electrons. The fourth-order valence-corrected chi connectivity index (χ4v) is 3.13. The molecule has 0 aliphatic rings. The van der Waals surface area contributed by atoms with Crippen LogP contribution in [0.3, 0.4) is 0 Å². The Kier molecular flexibility index (Phi) is 5.73. The Morgan fingerprint density at radius 2 is 1.60 bits per heavy atom. The molecule has 3 aromatic rings. The summed E-state index contributed by atoms with van der Waals surface area (Å²) in [6.45, 7) is 9.00. The fourth-order valence-electron chi connectivity index (χ4n) is 3.13. The summed E-state index contributed by atoms with van der Waals surface area (Å²) in [4.78, 5) is 24.2. The van der Waals surface area contributed by atoms with Gasteiger partial charge in [0.1, 0.15) is 11.6 Å². The third-order valence-electron chi connectivity index (χ3n) is 4.35. The number of aromatic nitrogens is 2. The number of nitrogens with zero attached hydrogens (tertiary/aromatic N) is 2. The molecule has 1 heterocycles. The highest BCUT2D eigenvalue weighted by Gasteiger charge is 2.20. The van der Waals surface area contributed by atoms with Crippen molar-refractivity contribution < 1.29 is 14.0 Å². The average molecular weight is 408 g/mol. The zero-order valence-electron chi connectivity index (χ0n) is 17.7. The Balaban J connectivity index is 2.03. The largest absolute Gasteiger partial charge is 0.347 e. The summed E-state index contributed by atoms with van der Waals surface area (Å²) in [6, 6.07) is 13.0. The van der Waals surface area contributed by atoms with Gasteiger partial charge in [-0.1, -0.05) is 12.1 Å². The van der Waals surface area contributed by atoms with Crippen LogP contribution in [0.1, 0.15) is 43.7 Å². The second-order valence-corrected chi connectivity index (χ2v) is 8.16. The first-order chi connectivity index (χ1) is 14.0. The number of nitrogens with one attached hydrogen (secondary N) is 2. The van der Waals surface area contributed by atoms with Crippen LogP contribution in [-0.2, 0) is 4.79 Å². The van der Waals surface area contributed by atoms with Gasteiger partial charge in [0, 0.05) is 23.6 Å². The summed E-state index contributed by atoms with van der Waals surface area (Å²) in [5.74, 6) is -0.270. The lowest BCUT2D eigenvalue weighted by Gasteiger charge is -2.20. The minimum atomic E-state index is -0.339. The highest BCUT2D eigenvalue weighted by molar-refractivity contribution is 5.95. The summed E-state index contributed by atoms with van der Waals surface area (Å²) in [5.41, 5.74) is 3.00. The Bertz CT molecular complexity index is 1080. The molecule has 30 heavy (non-hydrogen) atoms. The highest BCUT2D eigenvalue weighted by Crippen LogP contribution is 2.33. The maximum atomic E-state index is 13.4. The van der Waals surface area contributed by atoms with E-state index in [1.165, 1.54) is 19.1 Å². The average Bonchev–Trinajstić information content (AvgIpc) is 2.96. The van der Waals surface area contributed by atoms with Crippen molar-refractivity contribution in [3.8, 4) is 16.8 Å². The van der Waals surface area contributed by atoms with Crippen molar-refractivity contribution in [2.75, 3.05) is 5.32 Å². The van der Waals surface area contributed by atoms with Crippen LogP contribution in [0.15, 0.2) is 48.5 Å². The fraction of sp³-hybridized carbons (Fsp3) is 0.261. The lowest BCUT2D eigenvalue weighted by atomic mass is 10.1. The molecule has 2 amide bonds. The second kappa shape index (κ2) is 8.10. The van der Waals surface area contributed by atoms with Gasteiger partial charge < -0.3 is 10.6 Å². The van der Waals surface area contributed by atoms with Crippen LogP contribution in [-0.4, -0.2) is 27.1 Å². The van der Waals surface area contributed by atoms with Crippen molar-refractivity contribution in [1.82, 2.24) is 15.1 Å². The molecule has 2 aromatic carbocycles. The van der Waals surface area contributed by atoms with Gasteiger partial charge in [0.2, 0.25) is 5.91 Å². The third-order valence-corrected chi connectivity index (χ3v) is 4.35. The molecule has 0 saturated carbocycles. The summed E-state index contributed by atoms with van der Waals surface area (Å²) in [6.07, 6.45) is 0. The number of hydrogen-bond acceptors (Lipinski definition) is 3. The summed E-state index contributed by atoms with van der Waals surface area (Å²) in [5, 5.41) is 10.3. The van der Waals surface area contributed by atoms with Crippen molar-refractivity contribution in [3.63, 3.8) is 0 Å². The molecule has 6 nitrogen and oxygen atoms in total. The lowest BCUT2D eigenvalue weighted by molar-refractivity contribution is -0.114. The molecule has 0 aliphatic carbocycles. The molecule has 2 N–H and O–H groups in total. The number of aryl methyl sites for hydroxylation is 1. The van der Waals surface area contributed by atoms with Crippen LogP contribution in [0, 0.1) is 12.7 Å². The number of amides is 2. The van der Waals surface area contributed by atoms with Gasteiger partial charge in [-0.05, 0) is 69.7 Å². The van der Waals surface area contributed by atoms with Gasteiger partial charge in [0.25, 0.3) is 5.91 Å². The molecule has 0 aliphatic heterocycles. The van der Waals surface area contributed by atoms with Crippen molar-refractivity contribution >= 4 is 17.6 Å². The molecule has 0 fully saturated rings. The molecular formula is C23H25FN4O2. The normalized spacial score (nSPS) is 11.3. The van der Waals surface area contributed by atoms with E-state index in [4.69, 9.17) is 0 Å². The first-order valence-electron chi connectivity index (χ1n) is 9.61. The van der Waals surface area contributed by atoms with E-state index in [1.54, 1.807) is 41.1 Å². The van der Waals surface area contributed by atoms with Crippen molar-refractivity contribution in [3.05, 3.63) is 65.6 Å². The van der Waals surface area contributed by atoms with E-state index < -0.39 is 0 Å². The topological polar surface area (TPSA) is 76.0 Å². The minimum absolute atomic E-state index is 0.167. The van der Waals surface area contributed by atoms with Crippen LogP contribution in [0.5, 0.6) is 0 Å². The number of anilines is 1. The van der Waals surface area contributed by atoms with Gasteiger partial charge in [-0.2, -0.15) is 5.10 Å². The lowest BCUT2D eigenvalue weighted by Crippen LogP contribution is -2.40. The molecule has 156 valence electrons. The molecule has 3 rings (SSSR count). The van der Waals surface area contributed by atoms with Gasteiger partial charge >= 0.3 is 0 Å². The molecule has 7 heteroatoms. The number of carbonyl (C=O) groups is 2. The first-order valence-corrected chi connectivity index (χ1v) is 9.61. The van der Waals surface area contributed by atoms with Crippen LogP contribution >= 0.6 is 0 Å². The van der Waals surface area contributed by atoms with E-state index in [1.807, 2.05) is 27.7 Å². The molecule has 0 atom stereocenters. The zero-order chi connectivity index (χ0) is 22.1. The van der Waals surface area contributed by atoms with Gasteiger partial charge in [-0.15, -0.1) is 0 Å². The zero-order valence-corrected chi connectivity index (χ0v) is 17.7. The smallest absolute Gasteiger partial charge is 0.251 e. The predicted octanol–water partition coefficient (Wildman–Crippen LogP) is 4.47. The Morgan fingerprint density at radius 3 is 2.13 bits per heavy atom. The SMILES string of the molecule is CC(=O)Nc1c(-c2ccc(F)cc2)c(C)nn1-c1ccc(C(=O)NC(C)(C)C)cc1. The summed E-state index contributed by atoms with van der Waals surface area (Å²) >= 11 is 0. The van der Waals surface area contributed by atoms with Gasteiger partial charge in [-0.3, -0.25) is 9.59 Å². The Hall–Kier alpha value is -3.48. The monoisotopic (exact) mass is 408 g/mol. The third kappa shape index (κ3) is 4.74. The second-order valence-electron chi connectivity index (χ2n) is 8.16. The van der Waals surface area contributed by atoms with E-state index in [0.717, 1.165) is 5.56 Å². The van der Waals surface area contributed by atoms with Gasteiger partial charge in [-0.25, -0.2) is 9.07 Å². The van der Waals surface area contributed by atoms with Crippen LogP contribution in [0.4, 0.5) is 10.2 Å². The van der Waals surface area contributed by atoms with Crippen LogP contribution in [0.25, 0.3) is 16.8 Å². The Labute approximate surface area is 175 Å². The van der Waals surface area contributed by atoms with E-state index >= 15 is 0 Å². The minimum Gasteiger partial charge on any atom is -0.347 e. The summed E-state index contributed by atoms with van der Waals surface area (Å²) in [7, 11) is 0. The van der Waals surface area contributed by atoms with E-state index in [-0.39, 0.29) is 23.2 Å². The van der Waals surface area contributed by atoms with Crippen molar-refractivity contribution in [1.29, 1.82) is 0 Å². The molecule has 0 spiro atoms. The standard InChI is InChI=1S/C23H25FN4O2/c1-14-20(16-6-10-18(24)11-7-16)21(25-15(2)29)28(27-14)19-12-8-17(9-13-19)22(30)26-23(3,4)5/h6-13H,1-5H3,(H,25,29)(H,26,30). The van der Waals surface area contributed by atoms with Crippen molar-refractivity contribution in [2.45, 2.75) is 40.2 Å². The molecule has 0 bridgehead atoms. The number of hydrogen-bond donors (Lipinski definition) is 2. The highest BCUT2D eigenvalue weighted by atomic mass is 19.1. The van der Waals surface area contributed by atoms with E-state index in [2.05, 4.69) is 15.7 Å². The van der Waals surface area contributed by atoms with Crippen LogP contribution in [0.2, 0.25) is 0 Å². The number of carbonyl (C=O) groups excluding carboxylic acids is 2. The van der Waals surface area contributed by atoms with Crippen LogP contribution < -0.4 is 10.6 Å². The molecule has 0 saturated heterocycles. The predicted molar refractivity (Wildman–Crippen MR) is 115 cm³/mol. The maximum Gasteiger partial charge on any atom is 0.251 e. The number of halogens is 1. The molecule has 0 unspecified atom stereocenters. The number of rotatable bonds is 4. The van der Waals surface area contributed by atoms with E-state index in [0.29, 0.717) is 28.3 Å². The molecule has 1 aromatic heterocycles. The van der Waals surface area contributed by atoms with Crippen molar-refractivity contribution in [2.24, 2.45) is 0 Å². The Morgan fingerprint density at radius 1 is 1.00 bits per heavy atom. The van der Waals surface area contributed by atoms with Gasteiger partial charge in [0.05, 0.1) is 11.4 Å². The quantitative estimate of drug-likeness (QED) is 0.669.